The van der Waals surface area contributed by atoms with Gasteiger partial charge in [-0.25, -0.2) is 0 Å². The first-order chi connectivity index (χ1) is 11.3. The van der Waals surface area contributed by atoms with Crippen LogP contribution in [0.5, 0.6) is 11.5 Å². The smallest absolute Gasteiger partial charge is 0.123 e. The summed E-state index contributed by atoms with van der Waals surface area (Å²) in [5, 5.41) is 7.02. The van der Waals surface area contributed by atoms with Gasteiger partial charge in [-0.3, -0.25) is 4.90 Å². The van der Waals surface area contributed by atoms with Gasteiger partial charge < -0.3 is 20.1 Å². The van der Waals surface area contributed by atoms with Crippen LogP contribution in [0, 0.1) is 0 Å². The van der Waals surface area contributed by atoms with E-state index in [2.05, 4.69) is 22.1 Å². The van der Waals surface area contributed by atoms with Crippen LogP contribution in [0.2, 0.25) is 0 Å². The number of ether oxygens (including phenoxy) is 2. The number of nitrogens with zero attached hydrogens (tertiary/aromatic N) is 1. The van der Waals surface area contributed by atoms with E-state index in [0.29, 0.717) is 0 Å². The van der Waals surface area contributed by atoms with Gasteiger partial charge in [0, 0.05) is 50.9 Å². The van der Waals surface area contributed by atoms with Crippen molar-refractivity contribution < 1.29 is 9.47 Å². The summed E-state index contributed by atoms with van der Waals surface area (Å²) >= 11 is 0. The molecular formula is C18H29N3O2. The van der Waals surface area contributed by atoms with E-state index < -0.39 is 0 Å². The van der Waals surface area contributed by atoms with E-state index in [9.17, 15) is 0 Å². The van der Waals surface area contributed by atoms with Crippen molar-refractivity contribution in [2.24, 2.45) is 0 Å². The summed E-state index contributed by atoms with van der Waals surface area (Å²) in [6.07, 6.45) is 2.80. The zero-order valence-electron chi connectivity index (χ0n) is 14.3. The highest BCUT2D eigenvalue weighted by molar-refractivity contribution is 5.42. The van der Waals surface area contributed by atoms with Crippen LogP contribution in [0.15, 0.2) is 30.9 Å². The summed E-state index contributed by atoms with van der Waals surface area (Å²) in [5.74, 6) is 1.73. The van der Waals surface area contributed by atoms with Crippen LogP contribution in [0.1, 0.15) is 18.0 Å². The second-order valence-electron chi connectivity index (χ2n) is 5.73. The van der Waals surface area contributed by atoms with Crippen LogP contribution in [0.3, 0.4) is 0 Å². The van der Waals surface area contributed by atoms with E-state index in [1.807, 2.05) is 24.3 Å². The molecule has 0 saturated carbocycles. The predicted molar refractivity (Wildman–Crippen MR) is 94.4 cm³/mol. The Morgan fingerprint density at radius 2 is 2.09 bits per heavy atom. The molecule has 5 heteroatoms. The van der Waals surface area contributed by atoms with Gasteiger partial charge in [-0.2, -0.15) is 0 Å². The second kappa shape index (κ2) is 9.55. The monoisotopic (exact) mass is 319 g/mol. The van der Waals surface area contributed by atoms with Crippen molar-refractivity contribution in [3.8, 4) is 11.5 Å². The number of benzene rings is 1. The molecule has 2 rings (SSSR count). The summed E-state index contributed by atoms with van der Waals surface area (Å²) in [5.41, 5.74) is 1.12. The molecule has 1 aliphatic rings. The molecule has 0 spiro atoms. The molecule has 128 valence electrons. The van der Waals surface area contributed by atoms with Gasteiger partial charge in [-0.05, 0) is 24.6 Å². The maximum absolute atomic E-state index is 5.52. The summed E-state index contributed by atoms with van der Waals surface area (Å²) in [7, 11) is 3.39. The van der Waals surface area contributed by atoms with Gasteiger partial charge in [-0.1, -0.05) is 6.08 Å². The average Bonchev–Trinajstić information content (AvgIpc) is 2.61. The molecule has 2 N–H and O–H groups in total. The summed E-state index contributed by atoms with van der Waals surface area (Å²) in [4.78, 5) is 2.48. The molecule has 1 fully saturated rings. The van der Waals surface area contributed by atoms with Crippen molar-refractivity contribution in [1.82, 2.24) is 15.5 Å². The summed E-state index contributed by atoms with van der Waals surface area (Å²) in [6.45, 7) is 10.3. The fourth-order valence-electron chi connectivity index (χ4n) is 2.93. The van der Waals surface area contributed by atoms with E-state index in [1.165, 1.54) is 0 Å². The molecule has 1 aliphatic heterocycles. The molecule has 0 bridgehead atoms. The third-order valence-electron chi connectivity index (χ3n) is 4.24. The highest BCUT2D eigenvalue weighted by atomic mass is 16.5. The average molecular weight is 319 g/mol. The number of hydrogen-bond acceptors (Lipinski definition) is 5. The summed E-state index contributed by atoms with van der Waals surface area (Å²) in [6, 6.07) is 6.11. The lowest BCUT2D eigenvalue weighted by atomic mass is 10.0. The van der Waals surface area contributed by atoms with Crippen LogP contribution >= 0.6 is 0 Å². The van der Waals surface area contributed by atoms with Gasteiger partial charge in [0.25, 0.3) is 0 Å². The van der Waals surface area contributed by atoms with Gasteiger partial charge in [-0.15, -0.1) is 6.58 Å². The Kier molecular flexibility index (Phi) is 7.39. The van der Waals surface area contributed by atoms with Crippen LogP contribution in [-0.4, -0.2) is 58.4 Å². The lowest BCUT2D eigenvalue weighted by molar-refractivity contribution is 0.237. The Hall–Kier alpha value is -1.56. The fraction of sp³-hybridized carbons (Fsp3) is 0.556. The van der Waals surface area contributed by atoms with Crippen molar-refractivity contribution in [3.63, 3.8) is 0 Å². The third-order valence-corrected chi connectivity index (χ3v) is 4.24. The van der Waals surface area contributed by atoms with E-state index in [0.717, 1.165) is 62.8 Å². The molecule has 1 heterocycles. The molecule has 5 nitrogen and oxygen atoms in total. The Morgan fingerprint density at radius 3 is 2.74 bits per heavy atom. The van der Waals surface area contributed by atoms with Gasteiger partial charge in [0.05, 0.1) is 14.2 Å². The predicted octanol–water partition coefficient (Wildman–Crippen LogP) is 1.82. The van der Waals surface area contributed by atoms with E-state index in [4.69, 9.17) is 9.47 Å². The van der Waals surface area contributed by atoms with Crippen molar-refractivity contribution >= 4 is 0 Å². The minimum atomic E-state index is 0.181. The fourth-order valence-corrected chi connectivity index (χ4v) is 2.93. The van der Waals surface area contributed by atoms with Gasteiger partial charge >= 0.3 is 0 Å². The number of rotatable bonds is 9. The SMILES string of the molecule is C=CCC(NCCN1CCNCC1)c1cc(OC)ccc1OC. The van der Waals surface area contributed by atoms with Crippen molar-refractivity contribution in [2.45, 2.75) is 12.5 Å². The molecule has 0 aromatic heterocycles. The lowest BCUT2D eigenvalue weighted by Gasteiger charge is -2.28. The number of piperazine rings is 1. The molecule has 0 radical (unpaired) electrons. The van der Waals surface area contributed by atoms with Crippen molar-refractivity contribution in [2.75, 3.05) is 53.5 Å². The summed E-state index contributed by atoms with van der Waals surface area (Å²) < 4.78 is 10.9. The second-order valence-corrected chi connectivity index (χ2v) is 5.73. The molecular weight excluding hydrogens is 290 g/mol. The Labute approximate surface area is 139 Å². The Bertz CT molecular complexity index is 487. The number of methoxy groups -OCH3 is 2. The molecule has 1 atom stereocenters. The normalized spacial score (nSPS) is 16.8. The minimum absolute atomic E-state index is 0.181. The van der Waals surface area contributed by atoms with Gasteiger partial charge in [0.15, 0.2) is 0 Å². The Balaban J connectivity index is 2.00. The lowest BCUT2D eigenvalue weighted by Crippen LogP contribution is -2.46. The Morgan fingerprint density at radius 1 is 1.30 bits per heavy atom. The molecule has 1 aromatic carbocycles. The quantitative estimate of drug-likeness (QED) is 0.680. The van der Waals surface area contributed by atoms with Crippen molar-refractivity contribution in [1.29, 1.82) is 0 Å². The van der Waals surface area contributed by atoms with Crippen molar-refractivity contribution in [3.05, 3.63) is 36.4 Å². The van der Waals surface area contributed by atoms with Gasteiger partial charge in [0.1, 0.15) is 11.5 Å². The molecule has 0 aliphatic carbocycles. The first-order valence-corrected chi connectivity index (χ1v) is 8.27. The molecule has 1 aromatic rings. The maximum atomic E-state index is 5.52. The minimum Gasteiger partial charge on any atom is -0.497 e. The zero-order chi connectivity index (χ0) is 16.5. The van der Waals surface area contributed by atoms with Crippen LogP contribution in [0.25, 0.3) is 0 Å². The largest absolute Gasteiger partial charge is 0.497 e. The highest BCUT2D eigenvalue weighted by Gasteiger charge is 2.16. The third kappa shape index (κ3) is 5.23. The van der Waals surface area contributed by atoms with E-state index in [-0.39, 0.29) is 6.04 Å². The molecule has 1 saturated heterocycles. The number of hydrogen-bond donors (Lipinski definition) is 2. The standard InChI is InChI=1S/C18H29N3O2/c1-4-5-17(20-10-13-21-11-8-19-9-12-21)16-14-15(22-2)6-7-18(16)23-3/h4,6-7,14,17,19-20H,1,5,8-13H2,2-3H3. The topological polar surface area (TPSA) is 45.8 Å². The molecule has 0 amide bonds. The number of nitrogens with one attached hydrogen (secondary N) is 2. The van der Waals surface area contributed by atoms with Crippen LogP contribution < -0.4 is 20.1 Å². The van der Waals surface area contributed by atoms with Crippen LogP contribution in [0.4, 0.5) is 0 Å². The van der Waals surface area contributed by atoms with E-state index in [1.54, 1.807) is 14.2 Å². The van der Waals surface area contributed by atoms with E-state index >= 15 is 0 Å². The maximum Gasteiger partial charge on any atom is 0.123 e. The van der Waals surface area contributed by atoms with Crippen LogP contribution in [-0.2, 0) is 0 Å². The van der Waals surface area contributed by atoms with Gasteiger partial charge in [0.2, 0.25) is 0 Å². The zero-order valence-corrected chi connectivity index (χ0v) is 14.3. The first kappa shape index (κ1) is 17.8. The molecule has 1 unspecified atom stereocenters. The highest BCUT2D eigenvalue weighted by Crippen LogP contribution is 2.31. The first-order valence-electron chi connectivity index (χ1n) is 8.27. The molecule has 23 heavy (non-hydrogen) atoms.